The first-order valence-corrected chi connectivity index (χ1v) is 9.99. The highest BCUT2D eigenvalue weighted by atomic mass is 32.2. The number of carbonyl (C=O) groups excluding carboxylic acids is 1. The molecule has 26 heavy (non-hydrogen) atoms. The lowest BCUT2D eigenvalue weighted by atomic mass is 10.2. The normalized spacial score (nSPS) is 13.2. The minimum atomic E-state index is -3.80. The molecule has 0 saturated carbocycles. The lowest BCUT2D eigenvalue weighted by Gasteiger charge is -2.09. The molecule has 0 saturated heterocycles. The topological polar surface area (TPSA) is 113 Å². The number of nitrogens with zero attached hydrogens (tertiary/aromatic N) is 2. The average Bonchev–Trinajstić information content (AvgIpc) is 2.99. The van der Waals surface area contributed by atoms with Gasteiger partial charge in [0.15, 0.2) is 5.82 Å². The van der Waals surface area contributed by atoms with Gasteiger partial charge in [-0.2, -0.15) is 0 Å². The van der Waals surface area contributed by atoms with Crippen molar-refractivity contribution in [1.82, 2.24) is 10.2 Å². The summed E-state index contributed by atoms with van der Waals surface area (Å²) in [5, 5.41) is 13.7. The molecule has 0 spiro atoms. The number of fused-ring (bicyclic) bond motifs is 1. The number of hydrogen-bond acceptors (Lipinski definition) is 6. The van der Waals surface area contributed by atoms with Crippen LogP contribution in [-0.4, -0.2) is 31.1 Å². The van der Waals surface area contributed by atoms with Crippen LogP contribution in [0, 0.1) is 0 Å². The van der Waals surface area contributed by atoms with Gasteiger partial charge in [0, 0.05) is 12.2 Å². The summed E-state index contributed by atoms with van der Waals surface area (Å²) in [6, 6.07) is 7.77. The summed E-state index contributed by atoms with van der Waals surface area (Å²) in [6.45, 7) is 2.94. The van der Waals surface area contributed by atoms with Crippen LogP contribution in [0.15, 0.2) is 35.2 Å². The van der Waals surface area contributed by atoms with Crippen LogP contribution in [0.4, 0.5) is 17.3 Å². The molecule has 1 aliphatic rings. The lowest BCUT2D eigenvalue weighted by Crippen LogP contribution is -2.15. The van der Waals surface area contributed by atoms with Crippen molar-refractivity contribution in [3.63, 3.8) is 0 Å². The maximum Gasteiger partial charge on any atom is 0.263 e. The Morgan fingerprint density at radius 1 is 1.12 bits per heavy atom. The van der Waals surface area contributed by atoms with Crippen LogP contribution in [0.25, 0.3) is 0 Å². The fourth-order valence-corrected chi connectivity index (χ4v) is 3.69. The number of benzene rings is 1. The number of carbonyl (C=O) groups is 1. The van der Waals surface area contributed by atoms with Crippen molar-refractivity contribution >= 4 is 33.3 Å². The molecular formula is C17H21N5O3S. The van der Waals surface area contributed by atoms with E-state index in [1.807, 2.05) is 0 Å². The molecule has 2 aromatic rings. The highest BCUT2D eigenvalue weighted by Gasteiger charge is 2.22. The Bertz CT molecular complexity index is 897. The van der Waals surface area contributed by atoms with Crippen molar-refractivity contribution < 1.29 is 13.2 Å². The summed E-state index contributed by atoms with van der Waals surface area (Å²) in [5.74, 6) is 0.598. The molecule has 0 radical (unpaired) electrons. The van der Waals surface area contributed by atoms with E-state index >= 15 is 0 Å². The number of hydrogen-bond donors (Lipinski definition) is 3. The Kier molecular flexibility index (Phi) is 5.36. The molecule has 1 aromatic carbocycles. The van der Waals surface area contributed by atoms with Crippen molar-refractivity contribution in [3.8, 4) is 0 Å². The van der Waals surface area contributed by atoms with Gasteiger partial charge in [0.05, 0.1) is 11.3 Å². The van der Waals surface area contributed by atoms with Crippen molar-refractivity contribution in [2.75, 3.05) is 21.9 Å². The van der Waals surface area contributed by atoms with Crippen LogP contribution >= 0.6 is 0 Å². The van der Waals surface area contributed by atoms with Gasteiger partial charge in [0.25, 0.3) is 10.0 Å². The van der Waals surface area contributed by atoms with Crippen molar-refractivity contribution in [2.24, 2.45) is 0 Å². The van der Waals surface area contributed by atoms with Gasteiger partial charge in [0.2, 0.25) is 5.91 Å². The van der Waals surface area contributed by atoms with Crippen LogP contribution < -0.4 is 15.4 Å². The summed E-state index contributed by atoms with van der Waals surface area (Å²) in [4.78, 5) is 11.5. The minimum absolute atomic E-state index is 0.0799. The van der Waals surface area contributed by atoms with Crippen molar-refractivity contribution in [2.45, 2.75) is 37.5 Å². The van der Waals surface area contributed by atoms with Gasteiger partial charge in [-0.15, -0.1) is 10.2 Å². The number of rotatable bonds is 8. The summed E-state index contributed by atoms with van der Waals surface area (Å²) < 4.78 is 27.4. The molecule has 1 aromatic heterocycles. The summed E-state index contributed by atoms with van der Waals surface area (Å²) in [5.41, 5.74) is 1.31. The Morgan fingerprint density at radius 2 is 1.88 bits per heavy atom. The van der Waals surface area contributed by atoms with E-state index in [4.69, 9.17) is 0 Å². The lowest BCUT2D eigenvalue weighted by molar-refractivity contribution is -0.115. The van der Waals surface area contributed by atoms with E-state index in [0.29, 0.717) is 17.1 Å². The van der Waals surface area contributed by atoms with E-state index < -0.39 is 10.0 Å². The summed E-state index contributed by atoms with van der Waals surface area (Å²) >= 11 is 0. The van der Waals surface area contributed by atoms with E-state index in [1.165, 1.54) is 12.1 Å². The SMILES string of the molecule is CCCCCNc1ccc(NS(=O)(=O)c2ccc3c(c2)CC(=O)N3)nn1. The number of amides is 1. The molecule has 138 valence electrons. The monoisotopic (exact) mass is 375 g/mol. The zero-order valence-electron chi connectivity index (χ0n) is 14.4. The molecule has 0 atom stereocenters. The largest absolute Gasteiger partial charge is 0.369 e. The molecule has 1 aliphatic heterocycles. The highest BCUT2D eigenvalue weighted by Crippen LogP contribution is 2.26. The van der Waals surface area contributed by atoms with Gasteiger partial charge in [-0.25, -0.2) is 8.42 Å². The number of unbranched alkanes of at least 4 members (excludes halogenated alkanes) is 2. The Balaban J connectivity index is 1.66. The average molecular weight is 375 g/mol. The smallest absolute Gasteiger partial charge is 0.263 e. The molecule has 0 unspecified atom stereocenters. The fourth-order valence-electron chi connectivity index (χ4n) is 2.64. The quantitative estimate of drug-likeness (QED) is 0.611. The van der Waals surface area contributed by atoms with E-state index in [2.05, 4.69) is 32.5 Å². The Morgan fingerprint density at radius 3 is 2.62 bits per heavy atom. The second-order valence-electron chi connectivity index (χ2n) is 6.09. The second-order valence-corrected chi connectivity index (χ2v) is 7.77. The van der Waals surface area contributed by atoms with Gasteiger partial charge < -0.3 is 10.6 Å². The third kappa shape index (κ3) is 4.29. The molecule has 0 bridgehead atoms. The second kappa shape index (κ2) is 7.69. The molecule has 0 fully saturated rings. The molecule has 0 aliphatic carbocycles. The molecule has 2 heterocycles. The number of aromatic nitrogens is 2. The minimum Gasteiger partial charge on any atom is -0.369 e. The van der Waals surface area contributed by atoms with Gasteiger partial charge in [0.1, 0.15) is 5.82 Å². The first-order valence-electron chi connectivity index (χ1n) is 8.51. The summed E-state index contributed by atoms with van der Waals surface area (Å²) in [6.07, 6.45) is 3.50. The number of anilines is 3. The van der Waals surface area contributed by atoms with Crippen LogP contribution in [0.2, 0.25) is 0 Å². The first kappa shape index (κ1) is 18.1. The maximum absolute atomic E-state index is 12.5. The zero-order chi connectivity index (χ0) is 18.6. The fraction of sp³-hybridized carbons (Fsp3) is 0.353. The van der Waals surface area contributed by atoms with Crippen molar-refractivity contribution in [1.29, 1.82) is 0 Å². The van der Waals surface area contributed by atoms with E-state index in [9.17, 15) is 13.2 Å². The molecule has 3 rings (SSSR count). The Hall–Kier alpha value is -2.68. The van der Waals surface area contributed by atoms with Gasteiger partial charge in [-0.3, -0.25) is 9.52 Å². The molecule has 3 N–H and O–H groups in total. The van der Waals surface area contributed by atoms with Crippen LogP contribution in [0.3, 0.4) is 0 Å². The van der Waals surface area contributed by atoms with E-state index in [-0.39, 0.29) is 23.0 Å². The third-order valence-electron chi connectivity index (χ3n) is 4.00. The van der Waals surface area contributed by atoms with Gasteiger partial charge in [-0.1, -0.05) is 19.8 Å². The molecule has 9 heteroatoms. The number of nitrogens with one attached hydrogen (secondary N) is 3. The molecule has 8 nitrogen and oxygen atoms in total. The predicted octanol–water partition coefficient (Wildman–Crippen LogP) is 2.37. The zero-order valence-corrected chi connectivity index (χ0v) is 15.3. The van der Waals surface area contributed by atoms with Crippen LogP contribution in [0.1, 0.15) is 31.7 Å². The number of sulfonamides is 1. The predicted molar refractivity (Wildman–Crippen MR) is 99.6 cm³/mol. The van der Waals surface area contributed by atoms with Crippen LogP contribution in [0.5, 0.6) is 0 Å². The van der Waals surface area contributed by atoms with Gasteiger partial charge >= 0.3 is 0 Å². The highest BCUT2D eigenvalue weighted by molar-refractivity contribution is 7.92. The standard InChI is InChI=1S/C17H21N5O3S/c1-2-3-4-9-18-15-7-8-16(21-20-15)22-26(24,25)13-5-6-14-12(10-13)11-17(23)19-14/h5-8,10H,2-4,9,11H2,1H3,(H,18,20)(H,19,23)(H,21,22). The van der Waals surface area contributed by atoms with Gasteiger partial charge in [-0.05, 0) is 42.3 Å². The molecular weight excluding hydrogens is 354 g/mol. The maximum atomic E-state index is 12.5. The Labute approximate surface area is 152 Å². The summed E-state index contributed by atoms with van der Waals surface area (Å²) in [7, 11) is -3.80. The van der Waals surface area contributed by atoms with E-state index in [1.54, 1.807) is 18.2 Å². The molecule has 1 amide bonds. The third-order valence-corrected chi connectivity index (χ3v) is 5.35. The van der Waals surface area contributed by atoms with Crippen molar-refractivity contribution in [3.05, 3.63) is 35.9 Å². The first-order chi connectivity index (χ1) is 12.5. The van der Waals surface area contributed by atoms with E-state index in [0.717, 1.165) is 25.8 Å². The van der Waals surface area contributed by atoms with Crippen LogP contribution in [-0.2, 0) is 21.2 Å².